The summed E-state index contributed by atoms with van der Waals surface area (Å²) in [6.07, 6.45) is 70.3. The van der Waals surface area contributed by atoms with E-state index in [2.05, 4.69) is 72.8 Å². The van der Waals surface area contributed by atoms with E-state index in [0.717, 1.165) is 133 Å². The van der Waals surface area contributed by atoms with Gasteiger partial charge < -0.3 is 33.8 Å². The topological polar surface area (TPSA) is 237 Å². The maximum Gasteiger partial charge on any atom is 0.472 e. The molecule has 7 atom stereocenters. The SMILES string of the molecule is CCCCCC/C=C\C=C/CCCCCCCC(=O)OC[C@H](COP(=O)(O)OC[C@@H](O)COP(=O)(O)OC[C@@H](COC(=O)CCCCCCCCC(C)CC)OC(=O)CCCCCCCCCCCCCCCCCCCCC(C)CC)OC(=O)CCCCCCCCCCCCCCCCCCC(C)C. The highest BCUT2D eigenvalue weighted by molar-refractivity contribution is 7.47. The summed E-state index contributed by atoms with van der Waals surface area (Å²) in [5, 5.41) is 10.7. The van der Waals surface area contributed by atoms with Crippen molar-refractivity contribution in [1.82, 2.24) is 0 Å². The van der Waals surface area contributed by atoms with Gasteiger partial charge in [0.1, 0.15) is 19.3 Å². The predicted octanol–water partition coefficient (Wildman–Crippen LogP) is 26.0. The number of aliphatic hydroxyl groups excluding tert-OH is 1. The molecule has 0 amide bonds. The number of aliphatic hydroxyl groups is 1. The van der Waals surface area contributed by atoms with Crippen molar-refractivity contribution in [1.29, 1.82) is 0 Å². The Morgan fingerprint density at radius 1 is 0.311 bits per heavy atom. The fourth-order valence-electron chi connectivity index (χ4n) is 12.9. The number of unbranched alkanes of at least 4 members (excludes halogenated alkanes) is 46. The smallest absolute Gasteiger partial charge is 0.462 e. The number of rotatable bonds is 83. The van der Waals surface area contributed by atoms with Crippen molar-refractivity contribution < 1.29 is 80.2 Å². The van der Waals surface area contributed by atoms with Gasteiger partial charge in [0.25, 0.3) is 0 Å². The summed E-state index contributed by atoms with van der Waals surface area (Å²) in [4.78, 5) is 73.2. The van der Waals surface area contributed by atoms with Gasteiger partial charge >= 0.3 is 39.5 Å². The Bertz CT molecular complexity index is 2140. The Balaban J connectivity index is 5.23. The van der Waals surface area contributed by atoms with Gasteiger partial charge in [-0.2, -0.15) is 0 Å². The molecule has 0 spiro atoms. The van der Waals surface area contributed by atoms with Gasteiger partial charge in [-0.15, -0.1) is 0 Å². The Kier molecular flexibility index (Phi) is 74.7. The molecule has 0 aromatic carbocycles. The van der Waals surface area contributed by atoms with E-state index in [1.54, 1.807) is 0 Å². The van der Waals surface area contributed by atoms with Gasteiger partial charge in [-0.1, -0.05) is 381 Å². The lowest BCUT2D eigenvalue weighted by atomic mass is 9.99. The summed E-state index contributed by atoms with van der Waals surface area (Å²) >= 11 is 0. The molecule has 17 nitrogen and oxygen atoms in total. The second-order valence-corrected chi connectivity index (χ2v) is 34.5. The van der Waals surface area contributed by atoms with E-state index < -0.39 is 97.5 Å². The summed E-state index contributed by atoms with van der Waals surface area (Å²) in [7, 11) is -9.94. The van der Waals surface area contributed by atoms with Crippen molar-refractivity contribution in [3.8, 4) is 0 Å². The second kappa shape index (κ2) is 76.5. The van der Waals surface area contributed by atoms with Gasteiger partial charge in [-0.3, -0.25) is 37.3 Å². The molecular weight excluding hydrogens is 1380 g/mol. The first-order chi connectivity index (χ1) is 51.3. The number of carbonyl (C=O) groups excluding carboxylic acids is 4. The average Bonchev–Trinajstić information content (AvgIpc) is 0.901. The van der Waals surface area contributed by atoms with Crippen LogP contribution in [0.5, 0.6) is 0 Å². The third kappa shape index (κ3) is 76.9. The first-order valence-electron chi connectivity index (χ1n) is 44.2. The van der Waals surface area contributed by atoms with Crippen molar-refractivity contribution in [2.24, 2.45) is 17.8 Å². The van der Waals surface area contributed by atoms with E-state index >= 15 is 0 Å². The van der Waals surface area contributed by atoms with Gasteiger partial charge in [-0.05, 0) is 69.1 Å². The molecule has 0 rings (SSSR count). The Hall–Kier alpha value is -2.46. The highest BCUT2D eigenvalue weighted by atomic mass is 31.2. The van der Waals surface area contributed by atoms with Crippen LogP contribution in [-0.2, 0) is 65.4 Å². The molecular formula is C87H166O17P2. The lowest BCUT2D eigenvalue weighted by Gasteiger charge is -2.21. The number of carbonyl (C=O) groups is 4. The number of phosphoric ester groups is 2. The summed E-state index contributed by atoms with van der Waals surface area (Å²) in [6, 6.07) is 0. The van der Waals surface area contributed by atoms with E-state index in [1.807, 2.05) is 0 Å². The minimum absolute atomic E-state index is 0.101. The van der Waals surface area contributed by atoms with Gasteiger partial charge in [0, 0.05) is 25.7 Å². The van der Waals surface area contributed by atoms with Crippen molar-refractivity contribution in [2.75, 3.05) is 39.6 Å². The van der Waals surface area contributed by atoms with Crippen LogP contribution in [0.1, 0.15) is 434 Å². The first-order valence-corrected chi connectivity index (χ1v) is 47.2. The van der Waals surface area contributed by atoms with Crippen molar-refractivity contribution in [2.45, 2.75) is 452 Å². The molecule has 0 saturated heterocycles. The van der Waals surface area contributed by atoms with Gasteiger partial charge in [0.05, 0.1) is 26.4 Å². The molecule has 0 aliphatic heterocycles. The molecule has 19 heteroatoms. The highest BCUT2D eigenvalue weighted by Gasteiger charge is 2.30. The number of hydrogen-bond acceptors (Lipinski definition) is 15. The van der Waals surface area contributed by atoms with E-state index in [4.69, 9.17) is 37.0 Å². The normalized spacial score (nSPS) is 14.5. The third-order valence-corrected chi connectivity index (χ3v) is 22.4. The molecule has 0 aliphatic rings. The molecule has 0 fully saturated rings. The highest BCUT2D eigenvalue weighted by Crippen LogP contribution is 2.45. The Morgan fingerprint density at radius 3 is 0.840 bits per heavy atom. The van der Waals surface area contributed by atoms with Crippen LogP contribution < -0.4 is 0 Å². The van der Waals surface area contributed by atoms with Crippen LogP contribution in [0, 0.1) is 17.8 Å². The van der Waals surface area contributed by atoms with Crippen LogP contribution in [-0.4, -0.2) is 96.7 Å². The molecule has 0 aliphatic carbocycles. The molecule has 0 aromatic heterocycles. The lowest BCUT2D eigenvalue weighted by Crippen LogP contribution is -2.30. The number of esters is 4. The summed E-state index contributed by atoms with van der Waals surface area (Å²) in [5.41, 5.74) is 0. The van der Waals surface area contributed by atoms with Crippen molar-refractivity contribution in [3.05, 3.63) is 24.3 Å². The molecule has 3 N–H and O–H groups in total. The maximum atomic E-state index is 13.1. The zero-order valence-electron chi connectivity index (χ0n) is 69.4. The largest absolute Gasteiger partial charge is 0.472 e. The zero-order chi connectivity index (χ0) is 77.9. The van der Waals surface area contributed by atoms with Crippen LogP contribution in [0.15, 0.2) is 24.3 Å². The Morgan fingerprint density at radius 2 is 0.557 bits per heavy atom. The molecule has 4 unspecified atom stereocenters. The molecule has 0 aromatic rings. The number of allylic oxidation sites excluding steroid dienone is 4. The molecule has 0 heterocycles. The van der Waals surface area contributed by atoms with E-state index in [9.17, 15) is 43.2 Å². The summed E-state index contributed by atoms with van der Waals surface area (Å²) in [6.45, 7) is 12.0. The number of phosphoric acid groups is 2. The van der Waals surface area contributed by atoms with Gasteiger partial charge in [0.15, 0.2) is 12.2 Å². The average molecular weight is 1550 g/mol. The summed E-state index contributed by atoms with van der Waals surface area (Å²) < 4.78 is 68.8. The standard InChI is InChI=1S/C87H166O17P2/c1-8-11-12-13-14-15-16-17-24-31-36-41-46-54-61-68-84(89)97-74-82(103-86(91)70-63-57-48-43-38-33-28-23-22-25-29-34-39-44-51-58-65-78(4)5)76-101-105(93,94)99-72-81(88)73-100-106(95,96)102-77-83(75-98-85(90)69-62-55-50-49-53-60-67-80(7)10-3)104-87(92)71-64-56-47-42-37-32-27-21-19-18-20-26-30-35-40-45-52-59-66-79(6)9-2/h15-17,24,78-83,88H,8-14,18-23,25-77H2,1-7H3,(H,93,94)(H,95,96)/b16-15-,24-17-/t79?,80?,81-,82-,83-/m1/s1. The van der Waals surface area contributed by atoms with Crippen LogP contribution in [0.2, 0.25) is 0 Å². The molecule has 626 valence electrons. The zero-order valence-corrected chi connectivity index (χ0v) is 71.2. The number of hydrogen-bond donors (Lipinski definition) is 3. The maximum absolute atomic E-state index is 13.1. The van der Waals surface area contributed by atoms with E-state index in [-0.39, 0.29) is 25.7 Å². The van der Waals surface area contributed by atoms with Gasteiger partial charge in [-0.25, -0.2) is 9.13 Å². The molecule has 0 radical (unpaired) electrons. The first kappa shape index (κ1) is 104. The quantitative estimate of drug-likeness (QED) is 0.0169. The van der Waals surface area contributed by atoms with Gasteiger partial charge in [0.2, 0.25) is 0 Å². The third-order valence-electron chi connectivity index (χ3n) is 20.5. The number of ether oxygens (including phenoxy) is 4. The lowest BCUT2D eigenvalue weighted by molar-refractivity contribution is -0.161. The van der Waals surface area contributed by atoms with Crippen molar-refractivity contribution in [3.63, 3.8) is 0 Å². The van der Waals surface area contributed by atoms with Crippen LogP contribution in [0.4, 0.5) is 0 Å². The Labute approximate surface area is 650 Å². The van der Waals surface area contributed by atoms with Crippen LogP contribution in [0.3, 0.4) is 0 Å². The second-order valence-electron chi connectivity index (χ2n) is 31.6. The van der Waals surface area contributed by atoms with E-state index in [1.165, 1.54) is 218 Å². The monoisotopic (exact) mass is 1550 g/mol. The minimum atomic E-state index is -4.97. The summed E-state index contributed by atoms with van der Waals surface area (Å²) in [5.74, 6) is 0.271. The van der Waals surface area contributed by atoms with Crippen molar-refractivity contribution >= 4 is 39.5 Å². The van der Waals surface area contributed by atoms with Crippen LogP contribution in [0.25, 0.3) is 0 Å². The molecule has 0 saturated carbocycles. The van der Waals surface area contributed by atoms with E-state index in [0.29, 0.717) is 25.7 Å². The minimum Gasteiger partial charge on any atom is -0.462 e. The van der Waals surface area contributed by atoms with Crippen LogP contribution >= 0.6 is 15.6 Å². The fraction of sp³-hybridized carbons (Fsp3) is 0.908. The molecule has 106 heavy (non-hydrogen) atoms. The predicted molar refractivity (Wildman–Crippen MR) is 437 cm³/mol. The fourth-order valence-corrected chi connectivity index (χ4v) is 14.5. The molecule has 0 bridgehead atoms.